The topological polar surface area (TPSA) is 47.3 Å². The first-order valence-electron chi connectivity index (χ1n) is 5.69. The monoisotopic (exact) mass is 266 g/mol. The maximum atomic E-state index is 5.80. The lowest BCUT2D eigenvalue weighted by Gasteiger charge is -2.01. The summed E-state index contributed by atoms with van der Waals surface area (Å²) in [6.07, 6.45) is 0. The largest absolute Gasteiger partial charge is 0.369 e. The first kappa shape index (κ1) is 13.1. The zero-order valence-electron chi connectivity index (χ0n) is 10.1. The van der Waals surface area contributed by atoms with Crippen LogP contribution >= 0.6 is 11.6 Å². The number of hydrogen-bond acceptors (Lipinski definition) is 4. The van der Waals surface area contributed by atoms with Crippen LogP contribution < -0.4 is 5.32 Å². The van der Waals surface area contributed by atoms with Crippen molar-refractivity contribution in [1.82, 2.24) is 10.5 Å². The molecule has 0 amide bonds. The second-order valence-corrected chi connectivity index (χ2v) is 4.37. The molecule has 0 spiro atoms. The van der Waals surface area contributed by atoms with Gasteiger partial charge in [0.15, 0.2) is 5.76 Å². The van der Waals surface area contributed by atoms with E-state index in [-0.39, 0.29) is 0 Å². The van der Waals surface area contributed by atoms with E-state index in [1.807, 2.05) is 37.4 Å². The van der Waals surface area contributed by atoms with Crippen molar-refractivity contribution in [2.75, 3.05) is 7.05 Å². The second kappa shape index (κ2) is 6.54. The van der Waals surface area contributed by atoms with E-state index in [2.05, 4.69) is 10.5 Å². The number of rotatable bonds is 6. The molecule has 1 heterocycles. The van der Waals surface area contributed by atoms with Gasteiger partial charge < -0.3 is 14.6 Å². The summed E-state index contributed by atoms with van der Waals surface area (Å²) in [5.74, 6) is 0.731. The van der Waals surface area contributed by atoms with Gasteiger partial charge in [-0.25, -0.2) is 0 Å². The highest BCUT2D eigenvalue weighted by atomic mass is 35.5. The molecule has 96 valence electrons. The molecule has 1 N–H and O–H groups in total. The first-order valence-corrected chi connectivity index (χ1v) is 6.07. The van der Waals surface area contributed by atoms with Crippen LogP contribution in [0.2, 0.25) is 5.02 Å². The molecular weight excluding hydrogens is 252 g/mol. The normalized spacial score (nSPS) is 10.8. The fourth-order valence-corrected chi connectivity index (χ4v) is 1.66. The Balaban J connectivity index is 1.79. The molecule has 0 bridgehead atoms. The summed E-state index contributed by atoms with van der Waals surface area (Å²) in [5, 5.41) is 7.64. The molecule has 0 aliphatic heterocycles. The van der Waals surface area contributed by atoms with Gasteiger partial charge in [0, 0.05) is 17.6 Å². The zero-order chi connectivity index (χ0) is 12.8. The minimum absolute atomic E-state index is 0.416. The van der Waals surface area contributed by atoms with Gasteiger partial charge in [0.25, 0.3) is 0 Å². The Labute approximate surface area is 111 Å². The molecule has 5 heteroatoms. The third-order valence-corrected chi connectivity index (χ3v) is 2.64. The summed E-state index contributed by atoms with van der Waals surface area (Å²) in [5.41, 5.74) is 1.96. The summed E-state index contributed by atoms with van der Waals surface area (Å²) in [7, 11) is 1.87. The highest BCUT2D eigenvalue weighted by molar-refractivity contribution is 6.30. The smallest absolute Gasteiger partial charge is 0.162 e. The number of nitrogens with one attached hydrogen (secondary N) is 1. The van der Waals surface area contributed by atoms with Crippen molar-refractivity contribution < 1.29 is 9.26 Å². The molecule has 4 nitrogen and oxygen atoms in total. The second-order valence-electron chi connectivity index (χ2n) is 3.93. The van der Waals surface area contributed by atoms with Gasteiger partial charge in [0.05, 0.1) is 12.3 Å². The minimum Gasteiger partial charge on any atom is -0.369 e. The van der Waals surface area contributed by atoms with E-state index in [9.17, 15) is 0 Å². The summed E-state index contributed by atoms with van der Waals surface area (Å²) in [6.45, 7) is 1.64. The maximum Gasteiger partial charge on any atom is 0.162 e. The fourth-order valence-electron chi connectivity index (χ4n) is 1.54. The fraction of sp³-hybridized carbons (Fsp3) is 0.308. The van der Waals surface area contributed by atoms with E-state index in [0.717, 1.165) is 22.0 Å². The number of aromatic nitrogens is 1. The van der Waals surface area contributed by atoms with Gasteiger partial charge in [-0.3, -0.25) is 0 Å². The predicted molar refractivity (Wildman–Crippen MR) is 69.2 cm³/mol. The number of nitrogens with zero attached hydrogens (tertiary/aromatic N) is 1. The molecular formula is C13H15ClN2O2. The van der Waals surface area contributed by atoms with Gasteiger partial charge in [0.2, 0.25) is 0 Å². The van der Waals surface area contributed by atoms with Crippen LogP contribution in [-0.4, -0.2) is 12.2 Å². The predicted octanol–water partition coefficient (Wildman–Crippen LogP) is 2.76. The number of benzene rings is 1. The lowest BCUT2D eigenvalue weighted by molar-refractivity contribution is 0.0883. The standard InChI is InChI=1S/C13H15ClN2O2/c1-15-7-12-6-13(18-16-12)9-17-8-10-2-4-11(14)5-3-10/h2-6,15H,7-9H2,1H3. The van der Waals surface area contributed by atoms with Crippen molar-refractivity contribution in [2.24, 2.45) is 0 Å². The Morgan fingerprint density at radius 2 is 2.06 bits per heavy atom. The molecule has 0 aliphatic rings. The SMILES string of the molecule is CNCc1cc(COCc2ccc(Cl)cc2)on1. The third kappa shape index (κ3) is 3.84. The molecule has 0 fully saturated rings. The summed E-state index contributed by atoms with van der Waals surface area (Å²) < 4.78 is 10.7. The van der Waals surface area contributed by atoms with E-state index >= 15 is 0 Å². The van der Waals surface area contributed by atoms with Gasteiger partial charge in [-0.2, -0.15) is 0 Å². The number of ether oxygens (including phenoxy) is 1. The quantitative estimate of drug-likeness (QED) is 0.873. The van der Waals surface area contributed by atoms with Crippen LogP contribution in [0.15, 0.2) is 34.9 Å². The summed E-state index contributed by atoms with van der Waals surface area (Å²) in [6, 6.07) is 9.46. The van der Waals surface area contributed by atoms with Crippen LogP contribution in [0.4, 0.5) is 0 Å². The minimum atomic E-state index is 0.416. The lowest BCUT2D eigenvalue weighted by atomic mass is 10.2. The van der Waals surface area contributed by atoms with Crippen molar-refractivity contribution in [3.63, 3.8) is 0 Å². The summed E-state index contributed by atoms with van der Waals surface area (Å²) in [4.78, 5) is 0. The Bertz CT molecular complexity index is 482. The van der Waals surface area contributed by atoms with Gasteiger partial charge in [-0.15, -0.1) is 0 Å². The Hall–Kier alpha value is -1.36. The van der Waals surface area contributed by atoms with E-state index in [4.69, 9.17) is 20.9 Å². The zero-order valence-corrected chi connectivity index (χ0v) is 10.9. The van der Waals surface area contributed by atoms with E-state index in [1.165, 1.54) is 0 Å². The van der Waals surface area contributed by atoms with E-state index < -0.39 is 0 Å². The van der Waals surface area contributed by atoms with Crippen molar-refractivity contribution in [3.8, 4) is 0 Å². The van der Waals surface area contributed by atoms with Gasteiger partial charge in [0.1, 0.15) is 6.61 Å². The van der Waals surface area contributed by atoms with Crippen LogP contribution in [0.3, 0.4) is 0 Å². The van der Waals surface area contributed by atoms with Gasteiger partial charge >= 0.3 is 0 Å². The number of hydrogen-bond donors (Lipinski definition) is 1. The van der Waals surface area contributed by atoms with Gasteiger partial charge in [-0.1, -0.05) is 28.9 Å². The molecule has 18 heavy (non-hydrogen) atoms. The molecule has 2 rings (SSSR count). The molecule has 0 saturated heterocycles. The van der Waals surface area contributed by atoms with Crippen LogP contribution in [0, 0.1) is 0 Å². The van der Waals surface area contributed by atoms with Crippen LogP contribution in [0.1, 0.15) is 17.0 Å². The molecule has 0 radical (unpaired) electrons. The van der Waals surface area contributed by atoms with Crippen LogP contribution in [-0.2, 0) is 24.5 Å². The third-order valence-electron chi connectivity index (χ3n) is 2.39. The maximum absolute atomic E-state index is 5.80. The molecule has 0 unspecified atom stereocenters. The van der Waals surface area contributed by atoms with Gasteiger partial charge in [-0.05, 0) is 24.7 Å². The van der Waals surface area contributed by atoms with Crippen LogP contribution in [0.5, 0.6) is 0 Å². The van der Waals surface area contributed by atoms with Crippen molar-refractivity contribution in [1.29, 1.82) is 0 Å². The van der Waals surface area contributed by atoms with E-state index in [1.54, 1.807) is 0 Å². The van der Waals surface area contributed by atoms with Crippen molar-refractivity contribution in [2.45, 2.75) is 19.8 Å². The van der Waals surface area contributed by atoms with E-state index in [0.29, 0.717) is 19.8 Å². The molecule has 1 aromatic heterocycles. The summed E-state index contributed by atoms with van der Waals surface area (Å²) >= 11 is 5.80. The molecule has 0 saturated carbocycles. The molecule has 1 aromatic carbocycles. The molecule has 0 aliphatic carbocycles. The number of halogens is 1. The highest BCUT2D eigenvalue weighted by Crippen LogP contribution is 2.11. The average molecular weight is 267 g/mol. The highest BCUT2D eigenvalue weighted by Gasteiger charge is 2.03. The Kier molecular flexibility index (Phi) is 4.75. The first-order chi connectivity index (χ1) is 8.78. The molecule has 2 aromatic rings. The lowest BCUT2D eigenvalue weighted by Crippen LogP contribution is -2.04. The molecule has 0 atom stereocenters. The Morgan fingerprint density at radius 3 is 2.78 bits per heavy atom. The van der Waals surface area contributed by atoms with Crippen molar-refractivity contribution in [3.05, 3.63) is 52.4 Å². The Morgan fingerprint density at radius 1 is 1.28 bits per heavy atom. The van der Waals surface area contributed by atoms with Crippen molar-refractivity contribution >= 4 is 11.6 Å². The van der Waals surface area contributed by atoms with Crippen LogP contribution in [0.25, 0.3) is 0 Å². The average Bonchev–Trinajstić information content (AvgIpc) is 2.80.